The van der Waals surface area contributed by atoms with Gasteiger partial charge in [-0.25, -0.2) is 4.39 Å². The van der Waals surface area contributed by atoms with Crippen LogP contribution >= 0.6 is 24.0 Å². The lowest BCUT2D eigenvalue weighted by Crippen LogP contribution is -2.27. The molecule has 3 N–H and O–H groups in total. The van der Waals surface area contributed by atoms with Crippen molar-refractivity contribution in [3.8, 4) is 0 Å². The van der Waals surface area contributed by atoms with E-state index in [0.717, 1.165) is 11.3 Å². The molecule has 0 radical (unpaired) electrons. The van der Waals surface area contributed by atoms with E-state index in [1.807, 2.05) is 51.1 Å². The monoisotopic (exact) mass is 427 g/mol. The third-order valence-corrected chi connectivity index (χ3v) is 3.57. The maximum absolute atomic E-state index is 13.3. The number of hydrogen-bond donors (Lipinski definition) is 2. The Morgan fingerprint density at radius 1 is 1.17 bits per heavy atom. The second-order valence-corrected chi connectivity index (χ2v) is 6.09. The molecule has 0 bridgehead atoms. The summed E-state index contributed by atoms with van der Waals surface area (Å²) in [5.74, 6) is 0.119. The zero-order valence-corrected chi connectivity index (χ0v) is 16.0. The molecular weight excluding hydrogens is 404 g/mol. The molecule has 0 unspecified atom stereocenters. The Morgan fingerprint density at radius 2 is 1.83 bits per heavy atom. The van der Waals surface area contributed by atoms with E-state index in [4.69, 9.17) is 5.73 Å². The lowest BCUT2D eigenvalue weighted by Gasteiger charge is -2.23. The molecule has 2 aromatic rings. The lowest BCUT2D eigenvalue weighted by molar-refractivity contribution is 0.532. The number of nitrogens with two attached hydrogens (primary N) is 1. The van der Waals surface area contributed by atoms with Crippen molar-refractivity contribution in [1.29, 1.82) is 0 Å². The van der Waals surface area contributed by atoms with Crippen molar-refractivity contribution in [1.82, 2.24) is 0 Å². The van der Waals surface area contributed by atoms with E-state index >= 15 is 0 Å². The Bertz CT molecular complexity index is 666. The van der Waals surface area contributed by atoms with Crippen LogP contribution in [-0.2, 0) is 5.41 Å². The molecule has 0 spiro atoms. The van der Waals surface area contributed by atoms with Crippen molar-refractivity contribution >= 4 is 35.6 Å². The minimum Gasteiger partial charge on any atom is -0.370 e. The minimum atomic E-state index is -0.290. The van der Waals surface area contributed by atoms with Crippen molar-refractivity contribution in [2.45, 2.75) is 26.2 Å². The average Bonchev–Trinajstić information content (AvgIpc) is 2.48. The highest BCUT2D eigenvalue weighted by molar-refractivity contribution is 14.0. The number of nitrogens with zero attached hydrogens (tertiary/aromatic N) is 1. The van der Waals surface area contributed by atoms with Gasteiger partial charge in [-0.2, -0.15) is 0 Å². The van der Waals surface area contributed by atoms with Gasteiger partial charge in [0.1, 0.15) is 5.82 Å². The van der Waals surface area contributed by atoms with Gasteiger partial charge in [-0.3, -0.25) is 4.99 Å². The van der Waals surface area contributed by atoms with Crippen LogP contribution < -0.4 is 11.1 Å². The van der Waals surface area contributed by atoms with Crippen LogP contribution in [0.25, 0.3) is 0 Å². The standard InChI is InChI=1S/C18H22FN3.HI/c1-13-7-9-16(10-8-13)22-17(20)21-12-18(2,3)14-5-4-6-15(19)11-14;/h4-11H,12H2,1-3H3,(H3,20,21,22);1H. The molecule has 0 saturated carbocycles. The van der Waals surface area contributed by atoms with Gasteiger partial charge in [-0.05, 0) is 36.8 Å². The number of guanidine groups is 1. The second-order valence-electron chi connectivity index (χ2n) is 6.09. The van der Waals surface area contributed by atoms with Crippen LogP contribution in [0.1, 0.15) is 25.0 Å². The summed E-state index contributed by atoms with van der Waals surface area (Å²) in [6.07, 6.45) is 0. The Labute approximate surface area is 154 Å². The summed E-state index contributed by atoms with van der Waals surface area (Å²) >= 11 is 0. The third kappa shape index (κ3) is 5.82. The van der Waals surface area contributed by atoms with E-state index in [1.165, 1.54) is 11.6 Å². The number of halogens is 2. The Balaban J connectivity index is 0.00000264. The normalized spacial score (nSPS) is 11.7. The van der Waals surface area contributed by atoms with Gasteiger partial charge in [-0.15, -0.1) is 24.0 Å². The first-order valence-corrected chi connectivity index (χ1v) is 7.26. The summed E-state index contributed by atoms with van der Waals surface area (Å²) in [6.45, 7) is 6.54. The van der Waals surface area contributed by atoms with E-state index < -0.39 is 0 Å². The molecule has 0 atom stereocenters. The van der Waals surface area contributed by atoms with Crippen LogP contribution in [0.2, 0.25) is 0 Å². The number of aliphatic imine (C=N–C) groups is 1. The summed E-state index contributed by atoms with van der Waals surface area (Å²) in [5.41, 5.74) is 8.62. The zero-order valence-electron chi connectivity index (χ0n) is 13.6. The largest absolute Gasteiger partial charge is 0.370 e. The van der Waals surface area contributed by atoms with Gasteiger partial charge in [0.05, 0.1) is 6.54 Å². The highest BCUT2D eigenvalue weighted by Gasteiger charge is 2.20. The first-order valence-electron chi connectivity index (χ1n) is 7.26. The van der Waals surface area contributed by atoms with E-state index in [-0.39, 0.29) is 35.2 Å². The van der Waals surface area contributed by atoms with Gasteiger partial charge in [0.15, 0.2) is 5.96 Å². The van der Waals surface area contributed by atoms with Gasteiger partial charge < -0.3 is 11.1 Å². The molecule has 0 fully saturated rings. The smallest absolute Gasteiger partial charge is 0.193 e. The molecular formula is C18H23FIN3. The number of hydrogen-bond acceptors (Lipinski definition) is 1. The van der Waals surface area contributed by atoms with Crippen LogP contribution in [0.4, 0.5) is 10.1 Å². The van der Waals surface area contributed by atoms with Crippen molar-refractivity contribution in [2.75, 3.05) is 11.9 Å². The molecule has 0 saturated heterocycles. The van der Waals surface area contributed by atoms with E-state index in [0.29, 0.717) is 12.5 Å². The molecule has 124 valence electrons. The number of nitrogens with one attached hydrogen (secondary N) is 1. The van der Waals surface area contributed by atoms with Crippen LogP contribution in [0.3, 0.4) is 0 Å². The van der Waals surface area contributed by atoms with Gasteiger partial charge in [-0.1, -0.05) is 43.7 Å². The van der Waals surface area contributed by atoms with E-state index in [1.54, 1.807) is 12.1 Å². The SMILES string of the molecule is Cc1ccc(NC(N)=NCC(C)(C)c2cccc(F)c2)cc1.I. The van der Waals surface area contributed by atoms with E-state index in [2.05, 4.69) is 10.3 Å². The Kier molecular flexibility index (Phi) is 7.00. The molecule has 0 aliphatic heterocycles. The highest BCUT2D eigenvalue weighted by Crippen LogP contribution is 2.24. The van der Waals surface area contributed by atoms with Gasteiger partial charge in [0.2, 0.25) is 0 Å². The summed E-state index contributed by atoms with van der Waals surface area (Å²) in [7, 11) is 0. The quantitative estimate of drug-likeness (QED) is 0.430. The molecule has 0 aliphatic rings. The summed E-state index contributed by atoms with van der Waals surface area (Å²) in [5, 5.41) is 3.06. The first-order chi connectivity index (χ1) is 10.4. The van der Waals surface area contributed by atoms with Crippen molar-refractivity contribution < 1.29 is 4.39 Å². The van der Waals surface area contributed by atoms with Gasteiger partial charge in [0.25, 0.3) is 0 Å². The van der Waals surface area contributed by atoms with Crippen molar-refractivity contribution in [3.05, 3.63) is 65.5 Å². The van der Waals surface area contributed by atoms with Crippen LogP contribution in [0, 0.1) is 12.7 Å². The Hall–Kier alpha value is -1.63. The molecule has 2 aromatic carbocycles. The maximum atomic E-state index is 13.3. The second kappa shape index (κ2) is 8.29. The highest BCUT2D eigenvalue weighted by atomic mass is 127. The van der Waals surface area contributed by atoms with Gasteiger partial charge in [0, 0.05) is 11.1 Å². The predicted octanol–water partition coefficient (Wildman–Crippen LogP) is 4.46. The van der Waals surface area contributed by atoms with Crippen molar-refractivity contribution in [2.24, 2.45) is 10.7 Å². The number of anilines is 1. The molecule has 2 rings (SSSR count). The molecule has 3 nitrogen and oxygen atoms in total. The van der Waals surface area contributed by atoms with E-state index in [9.17, 15) is 4.39 Å². The third-order valence-electron chi connectivity index (χ3n) is 3.57. The lowest BCUT2D eigenvalue weighted by atomic mass is 9.85. The summed E-state index contributed by atoms with van der Waals surface area (Å²) in [6, 6.07) is 14.5. The van der Waals surface area contributed by atoms with Crippen LogP contribution in [0.15, 0.2) is 53.5 Å². The number of aryl methyl sites for hydroxylation is 1. The molecule has 0 amide bonds. The first kappa shape index (κ1) is 19.4. The Morgan fingerprint density at radius 3 is 2.43 bits per heavy atom. The van der Waals surface area contributed by atoms with Crippen molar-refractivity contribution in [3.63, 3.8) is 0 Å². The average molecular weight is 427 g/mol. The summed E-state index contributed by atoms with van der Waals surface area (Å²) in [4.78, 5) is 4.38. The number of benzene rings is 2. The van der Waals surface area contributed by atoms with Gasteiger partial charge >= 0.3 is 0 Å². The fourth-order valence-electron chi connectivity index (χ4n) is 2.11. The molecule has 5 heteroatoms. The summed E-state index contributed by atoms with van der Waals surface area (Å²) < 4.78 is 13.3. The van der Waals surface area contributed by atoms with Crippen LogP contribution in [0.5, 0.6) is 0 Å². The molecule has 0 heterocycles. The topological polar surface area (TPSA) is 50.4 Å². The number of rotatable bonds is 4. The molecule has 0 aliphatic carbocycles. The fourth-order valence-corrected chi connectivity index (χ4v) is 2.11. The minimum absolute atomic E-state index is 0. The molecule has 23 heavy (non-hydrogen) atoms. The maximum Gasteiger partial charge on any atom is 0.193 e. The predicted molar refractivity (Wildman–Crippen MR) is 106 cm³/mol. The van der Waals surface area contributed by atoms with Crippen LogP contribution in [-0.4, -0.2) is 12.5 Å². The molecule has 0 aromatic heterocycles. The fraction of sp³-hybridized carbons (Fsp3) is 0.278. The zero-order chi connectivity index (χ0) is 16.2.